The van der Waals surface area contributed by atoms with Gasteiger partial charge in [-0.2, -0.15) is 0 Å². The van der Waals surface area contributed by atoms with Crippen LogP contribution < -0.4 is 10.0 Å². The van der Waals surface area contributed by atoms with Crippen molar-refractivity contribution in [2.24, 2.45) is 0 Å². The van der Waals surface area contributed by atoms with E-state index in [1.165, 1.54) is 31.4 Å². The first-order valence-electron chi connectivity index (χ1n) is 6.41. The average molecular weight is 312 g/mol. The molecule has 7 heteroatoms. The van der Waals surface area contributed by atoms with Gasteiger partial charge in [0.1, 0.15) is 0 Å². The minimum absolute atomic E-state index is 0.103. The largest absolute Gasteiger partial charge is 0.383 e. The van der Waals surface area contributed by atoms with Crippen LogP contribution in [-0.2, 0) is 14.8 Å². The summed E-state index contributed by atoms with van der Waals surface area (Å²) >= 11 is 0. The van der Waals surface area contributed by atoms with E-state index in [1.807, 2.05) is 0 Å². The molecule has 0 unspecified atom stereocenters. The van der Waals surface area contributed by atoms with Crippen LogP contribution in [0.25, 0.3) is 0 Å². The number of sulfonamides is 1. The van der Waals surface area contributed by atoms with Gasteiger partial charge in [-0.25, -0.2) is 13.1 Å². The normalized spacial score (nSPS) is 12.7. The first-order valence-corrected chi connectivity index (χ1v) is 7.89. The molecule has 0 aliphatic heterocycles. The Balaban J connectivity index is 2.81. The number of carbonyl (C=O) groups is 1. The maximum Gasteiger partial charge on any atom is 0.251 e. The molecule has 1 amide bonds. The van der Waals surface area contributed by atoms with Crippen molar-refractivity contribution in [1.29, 1.82) is 0 Å². The molecule has 0 aliphatic rings. The standard InChI is InChI=1S/C14H20N2O4S/c1-4-9-15-14(17)12-5-7-13(8-6-12)21(18,19)16-11(2)10-20-3/h4-8,11,16H,1,9-10H2,2-3H3,(H,15,17)/t11-/m1/s1. The van der Waals surface area contributed by atoms with Gasteiger partial charge in [0.25, 0.3) is 5.91 Å². The maximum absolute atomic E-state index is 12.1. The zero-order valence-electron chi connectivity index (χ0n) is 12.1. The molecule has 2 N–H and O–H groups in total. The van der Waals surface area contributed by atoms with Crippen LogP contribution in [0.3, 0.4) is 0 Å². The summed E-state index contributed by atoms with van der Waals surface area (Å²) in [4.78, 5) is 11.8. The minimum Gasteiger partial charge on any atom is -0.383 e. The average Bonchev–Trinajstić information content (AvgIpc) is 2.44. The summed E-state index contributed by atoms with van der Waals surface area (Å²) in [5.41, 5.74) is 0.390. The number of carbonyl (C=O) groups excluding carboxylic acids is 1. The van der Waals surface area contributed by atoms with Crippen molar-refractivity contribution in [2.45, 2.75) is 17.9 Å². The summed E-state index contributed by atoms with van der Waals surface area (Å²) in [6.07, 6.45) is 1.57. The van der Waals surface area contributed by atoms with Crippen LogP contribution in [-0.4, -0.2) is 40.6 Å². The Morgan fingerprint density at radius 1 is 1.38 bits per heavy atom. The van der Waals surface area contributed by atoms with Crippen LogP contribution in [0.15, 0.2) is 41.8 Å². The van der Waals surface area contributed by atoms with E-state index in [9.17, 15) is 13.2 Å². The summed E-state index contributed by atoms with van der Waals surface area (Å²) in [6.45, 7) is 5.84. The van der Waals surface area contributed by atoms with Crippen molar-refractivity contribution in [3.63, 3.8) is 0 Å². The van der Waals surface area contributed by atoms with Gasteiger partial charge in [0.2, 0.25) is 10.0 Å². The van der Waals surface area contributed by atoms with Crippen molar-refractivity contribution in [3.8, 4) is 0 Å². The second-order valence-corrected chi connectivity index (χ2v) is 6.21. The summed E-state index contributed by atoms with van der Waals surface area (Å²) in [5, 5.41) is 2.62. The highest BCUT2D eigenvalue weighted by atomic mass is 32.2. The molecule has 0 heterocycles. The second-order valence-electron chi connectivity index (χ2n) is 4.50. The minimum atomic E-state index is -3.62. The van der Waals surface area contributed by atoms with E-state index in [1.54, 1.807) is 13.0 Å². The maximum atomic E-state index is 12.1. The summed E-state index contributed by atoms with van der Waals surface area (Å²) in [6, 6.07) is 5.38. The highest BCUT2D eigenvalue weighted by molar-refractivity contribution is 7.89. The molecule has 0 spiro atoms. The van der Waals surface area contributed by atoms with Crippen molar-refractivity contribution in [3.05, 3.63) is 42.5 Å². The van der Waals surface area contributed by atoms with Gasteiger partial charge in [-0.3, -0.25) is 4.79 Å². The molecule has 6 nitrogen and oxygen atoms in total. The zero-order chi connectivity index (χ0) is 15.9. The SMILES string of the molecule is C=CCNC(=O)c1ccc(S(=O)(=O)N[C@H](C)COC)cc1. The number of nitrogens with one attached hydrogen (secondary N) is 2. The van der Waals surface area contributed by atoms with Gasteiger partial charge in [0.15, 0.2) is 0 Å². The third-order valence-corrected chi connectivity index (χ3v) is 4.21. The zero-order valence-corrected chi connectivity index (χ0v) is 12.9. The first kappa shape index (κ1) is 17.4. The Hall–Kier alpha value is -1.70. The van der Waals surface area contributed by atoms with E-state index in [0.717, 1.165) is 0 Å². The number of hydrogen-bond acceptors (Lipinski definition) is 4. The van der Waals surface area contributed by atoms with E-state index in [4.69, 9.17) is 4.74 Å². The highest BCUT2D eigenvalue weighted by Crippen LogP contribution is 2.11. The molecular weight excluding hydrogens is 292 g/mol. The molecular formula is C14H20N2O4S. The predicted octanol–water partition coefficient (Wildman–Crippen LogP) is 0.916. The van der Waals surface area contributed by atoms with Crippen molar-refractivity contribution < 1.29 is 17.9 Å². The van der Waals surface area contributed by atoms with E-state index in [0.29, 0.717) is 12.1 Å². The van der Waals surface area contributed by atoms with Gasteiger partial charge < -0.3 is 10.1 Å². The molecule has 0 radical (unpaired) electrons. The van der Waals surface area contributed by atoms with Gasteiger partial charge in [0.05, 0.1) is 11.5 Å². The predicted molar refractivity (Wildman–Crippen MR) is 80.6 cm³/mol. The van der Waals surface area contributed by atoms with Crippen molar-refractivity contribution >= 4 is 15.9 Å². The van der Waals surface area contributed by atoms with Gasteiger partial charge >= 0.3 is 0 Å². The fourth-order valence-electron chi connectivity index (χ4n) is 1.67. The molecule has 0 bridgehead atoms. The molecule has 1 aromatic rings. The van der Waals surface area contributed by atoms with Crippen LogP contribution in [0.4, 0.5) is 0 Å². The fourth-order valence-corrected chi connectivity index (χ4v) is 2.90. The molecule has 0 aliphatic carbocycles. The summed E-state index contributed by atoms with van der Waals surface area (Å²) in [7, 11) is -2.12. The number of hydrogen-bond donors (Lipinski definition) is 2. The van der Waals surface area contributed by atoms with Crippen LogP contribution in [0, 0.1) is 0 Å². The van der Waals surface area contributed by atoms with E-state index in [-0.39, 0.29) is 23.5 Å². The smallest absolute Gasteiger partial charge is 0.251 e. The van der Waals surface area contributed by atoms with Crippen molar-refractivity contribution in [2.75, 3.05) is 20.3 Å². The summed E-state index contributed by atoms with van der Waals surface area (Å²) < 4.78 is 31.6. The van der Waals surface area contributed by atoms with Crippen LogP contribution in [0.1, 0.15) is 17.3 Å². The van der Waals surface area contributed by atoms with Gasteiger partial charge in [-0.05, 0) is 31.2 Å². The van der Waals surface area contributed by atoms with Gasteiger partial charge in [0, 0.05) is 25.3 Å². The van der Waals surface area contributed by atoms with Gasteiger partial charge in [-0.1, -0.05) is 6.08 Å². The molecule has 21 heavy (non-hydrogen) atoms. The Kier molecular flexibility index (Phi) is 6.54. The lowest BCUT2D eigenvalue weighted by molar-refractivity contribution is 0.0958. The Morgan fingerprint density at radius 3 is 2.52 bits per heavy atom. The monoisotopic (exact) mass is 312 g/mol. The molecule has 0 fully saturated rings. The van der Waals surface area contributed by atoms with Crippen LogP contribution >= 0.6 is 0 Å². The topological polar surface area (TPSA) is 84.5 Å². The molecule has 0 saturated heterocycles. The molecule has 116 valence electrons. The third-order valence-electron chi connectivity index (χ3n) is 2.61. The molecule has 1 aromatic carbocycles. The number of rotatable bonds is 8. The molecule has 1 atom stereocenters. The molecule has 0 aromatic heterocycles. The number of amides is 1. The Morgan fingerprint density at radius 2 is 2.00 bits per heavy atom. The highest BCUT2D eigenvalue weighted by Gasteiger charge is 2.17. The lowest BCUT2D eigenvalue weighted by atomic mass is 10.2. The van der Waals surface area contributed by atoms with Crippen LogP contribution in [0.2, 0.25) is 0 Å². The van der Waals surface area contributed by atoms with Crippen LogP contribution in [0.5, 0.6) is 0 Å². The van der Waals surface area contributed by atoms with E-state index in [2.05, 4.69) is 16.6 Å². The lowest BCUT2D eigenvalue weighted by Crippen LogP contribution is -2.35. The second kappa shape index (κ2) is 7.92. The van der Waals surface area contributed by atoms with Gasteiger partial charge in [-0.15, -0.1) is 6.58 Å². The Bertz CT molecular complexity index is 581. The van der Waals surface area contributed by atoms with E-state index < -0.39 is 10.0 Å². The quantitative estimate of drug-likeness (QED) is 0.699. The first-order chi connectivity index (χ1) is 9.90. The lowest BCUT2D eigenvalue weighted by Gasteiger charge is -2.13. The number of ether oxygens (including phenoxy) is 1. The number of benzene rings is 1. The molecule has 1 rings (SSSR count). The summed E-state index contributed by atoms with van der Waals surface area (Å²) in [5.74, 6) is -0.278. The number of methoxy groups -OCH3 is 1. The fraction of sp³-hybridized carbons (Fsp3) is 0.357. The third kappa shape index (κ3) is 5.30. The molecule has 0 saturated carbocycles. The Labute approximate surface area is 125 Å². The van der Waals surface area contributed by atoms with Crippen molar-refractivity contribution in [1.82, 2.24) is 10.0 Å². The van der Waals surface area contributed by atoms with E-state index >= 15 is 0 Å².